The van der Waals surface area contributed by atoms with Crippen molar-refractivity contribution in [3.05, 3.63) is 47.0 Å². The van der Waals surface area contributed by atoms with Crippen LogP contribution in [0.4, 0.5) is 11.4 Å². The van der Waals surface area contributed by atoms with Crippen LogP contribution in [0.3, 0.4) is 0 Å². The van der Waals surface area contributed by atoms with Gasteiger partial charge in [-0.15, -0.1) is 0 Å². The topological polar surface area (TPSA) is 118 Å². The molecule has 10 heteroatoms. The number of carbonyl (C=O) groups excluding carboxylic acids is 3. The molecule has 2 saturated heterocycles. The van der Waals surface area contributed by atoms with Crippen molar-refractivity contribution < 1.29 is 14.4 Å². The Morgan fingerprint density at radius 1 is 1.26 bits per heavy atom. The van der Waals surface area contributed by atoms with E-state index in [0.717, 1.165) is 37.3 Å². The third-order valence-electron chi connectivity index (χ3n) is 7.26. The van der Waals surface area contributed by atoms with Crippen molar-refractivity contribution in [3.63, 3.8) is 0 Å². The van der Waals surface area contributed by atoms with Gasteiger partial charge in [-0.25, -0.2) is 0 Å². The quantitative estimate of drug-likeness (QED) is 0.238. The summed E-state index contributed by atoms with van der Waals surface area (Å²) in [6, 6.07) is 9.36. The summed E-state index contributed by atoms with van der Waals surface area (Å²) in [4.78, 5) is 42.6. The molecule has 3 aliphatic rings. The van der Waals surface area contributed by atoms with Gasteiger partial charge in [-0.1, -0.05) is 30.0 Å². The van der Waals surface area contributed by atoms with E-state index in [4.69, 9.17) is 0 Å². The molecule has 0 radical (unpaired) electrons. The number of nitrogens with one attached hydrogen (secondary N) is 3. The van der Waals surface area contributed by atoms with Crippen LogP contribution in [0.25, 0.3) is 0 Å². The Kier molecular flexibility index (Phi) is 8.80. The molecule has 1 spiro atoms. The molecule has 0 aromatic heterocycles. The minimum Gasteiger partial charge on any atom is -0.380 e. The number of hydrogen-bond donors (Lipinski definition) is 3. The average molecular weight is 537 g/mol. The number of anilines is 2. The third-order valence-corrected chi connectivity index (χ3v) is 8.90. The van der Waals surface area contributed by atoms with E-state index in [2.05, 4.69) is 27.4 Å². The van der Waals surface area contributed by atoms with Gasteiger partial charge in [0.2, 0.25) is 11.8 Å². The molecule has 3 amide bonds. The van der Waals surface area contributed by atoms with Gasteiger partial charge in [0.15, 0.2) is 0 Å². The van der Waals surface area contributed by atoms with Crippen molar-refractivity contribution in [1.82, 2.24) is 15.1 Å². The fourth-order valence-electron chi connectivity index (χ4n) is 5.08. The Labute approximate surface area is 228 Å². The number of nitrogens with zero attached hydrogens (tertiary/aromatic N) is 3. The summed E-state index contributed by atoms with van der Waals surface area (Å²) in [5.41, 5.74) is 2.23. The second-order valence-electron chi connectivity index (χ2n) is 10.1. The highest BCUT2D eigenvalue weighted by Crippen LogP contribution is 2.56. The lowest BCUT2D eigenvalue weighted by Crippen LogP contribution is -2.58. The Morgan fingerprint density at radius 2 is 2.00 bits per heavy atom. The van der Waals surface area contributed by atoms with Gasteiger partial charge in [-0.2, -0.15) is 5.26 Å². The zero-order valence-corrected chi connectivity index (χ0v) is 23.0. The van der Waals surface area contributed by atoms with Gasteiger partial charge < -0.3 is 25.8 Å². The first-order chi connectivity index (χ1) is 18.3. The third kappa shape index (κ3) is 5.89. The van der Waals surface area contributed by atoms with Crippen LogP contribution in [0, 0.1) is 11.3 Å². The standard InChI is InChI=1S/C28H36N6O3S/c1-4-34-26(22(17-29)25(36)30-18-19(2)3)38-28(27(34)37)12-10-23(28)31-20-8-7-9-21(16-20)32-24(35)11-15-33-13-5-6-14-33/h7-9,16,23,31H,2,4-6,10-15,18H2,1,3H3,(H,30,36)(H,32,35)/b26-22-. The SMILES string of the molecule is C=C(C)CNC(=O)/C(C#N)=C1\SC2(CCC2Nc2cccc(NC(=O)CCN3CCCC3)c2)C(=O)N1CC. The molecule has 2 heterocycles. The highest BCUT2D eigenvalue weighted by atomic mass is 32.2. The van der Waals surface area contributed by atoms with Gasteiger partial charge >= 0.3 is 0 Å². The fraction of sp³-hybridized carbons (Fsp3) is 0.500. The van der Waals surface area contributed by atoms with E-state index in [1.165, 1.54) is 24.6 Å². The largest absolute Gasteiger partial charge is 0.380 e. The molecular weight excluding hydrogens is 500 g/mol. The van der Waals surface area contributed by atoms with Gasteiger partial charge in [0.25, 0.3) is 5.91 Å². The summed E-state index contributed by atoms with van der Waals surface area (Å²) in [6.07, 6.45) is 4.28. The lowest BCUT2D eigenvalue weighted by atomic mass is 9.77. The molecule has 1 aromatic carbocycles. The lowest BCUT2D eigenvalue weighted by Gasteiger charge is -2.44. The molecule has 9 nitrogen and oxygen atoms in total. The number of hydrogen-bond acceptors (Lipinski definition) is 7. The monoisotopic (exact) mass is 536 g/mol. The van der Waals surface area contributed by atoms with E-state index in [0.29, 0.717) is 30.1 Å². The first-order valence-electron chi connectivity index (χ1n) is 13.2. The van der Waals surface area contributed by atoms with Crippen LogP contribution in [0.15, 0.2) is 47.0 Å². The maximum absolute atomic E-state index is 13.6. The number of thioether (sulfide) groups is 1. The summed E-state index contributed by atoms with van der Waals surface area (Å²) in [6.45, 7) is 10.9. The van der Waals surface area contributed by atoms with Crippen molar-refractivity contribution >= 4 is 40.9 Å². The summed E-state index contributed by atoms with van der Waals surface area (Å²) < 4.78 is -0.781. The molecule has 2 unspecified atom stereocenters. The van der Waals surface area contributed by atoms with Crippen LogP contribution in [-0.4, -0.2) is 71.0 Å². The molecule has 0 bridgehead atoms. The fourth-order valence-corrected chi connectivity index (χ4v) is 6.72. The summed E-state index contributed by atoms with van der Waals surface area (Å²) in [5.74, 6) is -0.605. The Hall–Kier alpha value is -3.29. The molecule has 2 aliphatic heterocycles. The molecule has 1 saturated carbocycles. The molecule has 202 valence electrons. The van der Waals surface area contributed by atoms with E-state index in [1.54, 1.807) is 11.8 Å². The average Bonchev–Trinajstić information content (AvgIpc) is 3.52. The molecule has 3 N–H and O–H groups in total. The van der Waals surface area contributed by atoms with Crippen LogP contribution in [0.5, 0.6) is 0 Å². The number of likely N-dealkylation sites (tertiary alicyclic amines) is 1. The predicted octanol–water partition coefficient (Wildman–Crippen LogP) is 3.45. The predicted molar refractivity (Wildman–Crippen MR) is 150 cm³/mol. The minimum atomic E-state index is -0.781. The van der Waals surface area contributed by atoms with Crippen LogP contribution < -0.4 is 16.0 Å². The van der Waals surface area contributed by atoms with Crippen molar-refractivity contribution in [3.8, 4) is 6.07 Å². The normalized spacial score (nSPS) is 24.1. The molecule has 3 fully saturated rings. The molecule has 2 atom stereocenters. The maximum atomic E-state index is 13.6. The second kappa shape index (κ2) is 12.0. The highest BCUT2D eigenvalue weighted by molar-refractivity contribution is 8.05. The number of nitriles is 1. The van der Waals surface area contributed by atoms with E-state index in [-0.39, 0.29) is 30.0 Å². The number of rotatable bonds is 10. The van der Waals surface area contributed by atoms with E-state index >= 15 is 0 Å². The number of benzene rings is 1. The van der Waals surface area contributed by atoms with Gasteiger partial charge in [-0.3, -0.25) is 14.4 Å². The van der Waals surface area contributed by atoms with Gasteiger partial charge in [0, 0.05) is 37.4 Å². The van der Waals surface area contributed by atoms with Crippen molar-refractivity contribution in [1.29, 1.82) is 5.26 Å². The minimum absolute atomic E-state index is 0.0157. The summed E-state index contributed by atoms with van der Waals surface area (Å²) in [7, 11) is 0. The molecular formula is C28H36N6O3S. The highest BCUT2D eigenvalue weighted by Gasteiger charge is 2.61. The van der Waals surface area contributed by atoms with E-state index in [9.17, 15) is 19.6 Å². The van der Waals surface area contributed by atoms with Crippen molar-refractivity contribution in [2.24, 2.45) is 0 Å². The van der Waals surface area contributed by atoms with Crippen molar-refractivity contribution in [2.45, 2.75) is 56.7 Å². The van der Waals surface area contributed by atoms with E-state index < -0.39 is 10.7 Å². The smallest absolute Gasteiger partial charge is 0.264 e. The zero-order chi connectivity index (χ0) is 27.3. The molecule has 38 heavy (non-hydrogen) atoms. The number of amides is 3. The summed E-state index contributed by atoms with van der Waals surface area (Å²) in [5, 5.41) is 19.4. The maximum Gasteiger partial charge on any atom is 0.264 e. The molecule has 1 aliphatic carbocycles. The Bertz CT molecular complexity index is 1190. The van der Waals surface area contributed by atoms with Crippen LogP contribution >= 0.6 is 11.8 Å². The van der Waals surface area contributed by atoms with E-state index in [1.807, 2.05) is 37.3 Å². The Morgan fingerprint density at radius 3 is 2.63 bits per heavy atom. The van der Waals surface area contributed by atoms with Gasteiger partial charge in [0.05, 0.1) is 6.04 Å². The zero-order valence-electron chi connectivity index (χ0n) is 22.1. The van der Waals surface area contributed by atoms with Crippen LogP contribution in [0.1, 0.15) is 46.0 Å². The lowest BCUT2D eigenvalue weighted by molar-refractivity contribution is -0.132. The van der Waals surface area contributed by atoms with Crippen LogP contribution in [0.2, 0.25) is 0 Å². The van der Waals surface area contributed by atoms with Crippen molar-refractivity contribution in [2.75, 3.05) is 43.4 Å². The Balaban J connectivity index is 1.44. The first-order valence-corrected chi connectivity index (χ1v) is 14.1. The first kappa shape index (κ1) is 27.7. The van der Waals surface area contributed by atoms with Crippen LogP contribution in [-0.2, 0) is 14.4 Å². The van der Waals surface area contributed by atoms with Gasteiger partial charge in [0.1, 0.15) is 21.4 Å². The van der Waals surface area contributed by atoms with Gasteiger partial charge in [-0.05, 0) is 70.8 Å². The molecule has 1 aromatic rings. The number of carbonyl (C=O) groups is 3. The summed E-state index contributed by atoms with van der Waals surface area (Å²) >= 11 is 1.31. The second-order valence-corrected chi connectivity index (χ2v) is 11.5. The molecule has 4 rings (SSSR count).